The Balaban J connectivity index is 1.53. The van der Waals surface area contributed by atoms with Gasteiger partial charge in [-0.2, -0.15) is 0 Å². The molecule has 0 bridgehead atoms. The lowest BCUT2D eigenvalue weighted by atomic mass is 9.62. The molecule has 3 aliphatic rings. The van der Waals surface area contributed by atoms with Crippen LogP contribution in [0.1, 0.15) is 43.4 Å². The van der Waals surface area contributed by atoms with Gasteiger partial charge in [-0.15, -0.1) is 0 Å². The monoisotopic (exact) mass is 575 g/mol. The highest BCUT2D eigenvalue weighted by atomic mass is 35.5. The average molecular weight is 576 g/mol. The van der Waals surface area contributed by atoms with E-state index in [4.69, 9.17) is 11.6 Å². The Morgan fingerprint density at radius 2 is 1.62 bits per heavy atom. The van der Waals surface area contributed by atoms with Crippen molar-refractivity contribution in [2.24, 2.45) is 5.92 Å². The second-order valence-electron chi connectivity index (χ2n) is 10.6. The van der Waals surface area contributed by atoms with Gasteiger partial charge < -0.3 is 10.2 Å². The number of ketones is 2. The zero-order valence-electron chi connectivity index (χ0n) is 21.9. The molecule has 8 nitrogen and oxygen atoms in total. The number of hydrogen-bond acceptors (Lipinski definition) is 6. The minimum atomic E-state index is -1.49. The van der Waals surface area contributed by atoms with E-state index < -0.39 is 39.9 Å². The van der Waals surface area contributed by atoms with Crippen molar-refractivity contribution in [2.75, 3.05) is 5.32 Å². The number of non-ortho nitro benzene ring substituents is 1. The largest absolute Gasteiger partial charge is 0.358 e. The minimum absolute atomic E-state index is 0.0813. The van der Waals surface area contributed by atoms with Crippen molar-refractivity contribution in [3.8, 4) is 0 Å². The number of benzene rings is 4. The third kappa shape index (κ3) is 3.58. The predicted molar refractivity (Wildman–Crippen MR) is 157 cm³/mol. The molecule has 1 saturated heterocycles. The van der Waals surface area contributed by atoms with E-state index >= 15 is 0 Å². The number of carbonyl (C=O) groups excluding carboxylic acids is 3. The molecule has 3 heterocycles. The van der Waals surface area contributed by atoms with E-state index in [0.717, 1.165) is 11.1 Å². The fraction of sp³-hybridized carbons (Fsp3) is 0.121. The molecule has 42 heavy (non-hydrogen) atoms. The Hall–Kier alpha value is -5.08. The highest BCUT2D eigenvalue weighted by molar-refractivity contribution is 6.30. The number of rotatable bonds is 5. The molecule has 206 valence electrons. The van der Waals surface area contributed by atoms with Crippen LogP contribution in [0.4, 0.5) is 11.4 Å². The molecule has 4 aromatic carbocycles. The Kier molecular flexibility index (Phi) is 5.85. The van der Waals surface area contributed by atoms with E-state index in [0.29, 0.717) is 21.8 Å². The molecule has 0 aromatic heterocycles. The van der Waals surface area contributed by atoms with Crippen molar-refractivity contribution in [1.29, 1.82) is 0 Å². The van der Waals surface area contributed by atoms with Crippen LogP contribution in [0.5, 0.6) is 0 Å². The molecule has 0 radical (unpaired) electrons. The molecule has 9 heteroatoms. The lowest BCUT2D eigenvalue weighted by Gasteiger charge is -2.38. The highest BCUT2D eigenvalue weighted by Gasteiger charge is 2.70. The standard InChI is InChI=1S/C33H22ClN3O5/c34-22-14-12-20(13-15-22)29(38)27-28(30(39)21-7-5-8-23(18-21)37(41)42)36-17-16-19-6-1-2-9-24(19)31(36)33(27)25-10-3-4-11-26(25)35-32(33)40/h1-18,27-28,31H,(H,35,40)/t27-,28+,31+,33-/m1/s1. The summed E-state index contributed by atoms with van der Waals surface area (Å²) in [5.41, 5.74) is 1.52. The molecular weight excluding hydrogens is 554 g/mol. The number of anilines is 1. The van der Waals surface area contributed by atoms with Crippen LogP contribution in [0.3, 0.4) is 0 Å². The van der Waals surface area contributed by atoms with Crippen molar-refractivity contribution in [3.05, 3.63) is 146 Å². The molecule has 4 atom stereocenters. The van der Waals surface area contributed by atoms with Crippen LogP contribution >= 0.6 is 11.6 Å². The van der Waals surface area contributed by atoms with Crippen LogP contribution in [-0.4, -0.2) is 33.3 Å². The summed E-state index contributed by atoms with van der Waals surface area (Å²) in [5, 5.41) is 15.0. The van der Waals surface area contributed by atoms with Crippen molar-refractivity contribution in [2.45, 2.75) is 17.5 Å². The van der Waals surface area contributed by atoms with E-state index in [1.165, 1.54) is 24.3 Å². The Labute approximate surface area is 245 Å². The van der Waals surface area contributed by atoms with Gasteiger partial charge in [0.05, 0.1) is 16.9 Å². The molecule has 4 aromatic rings. The quantitative estimate of drug-likeness (QED) is 0.172. The van der Waals surface area contributed by atoms with Gasteiger partial charge in [0.1, 0.15) is 11.5 Å². The van der Waals surface area contributed by atoms with Gasteiger partial charge in [-0.25, -0.2) is 0 Å². The number of nitro groups is 1. The average Bonchev–Trinajstić information content (AvgIpc) is 3.49. The minimum Gasteiger partial charge on any atom is -0.358 e. The van der Waals surface area contributed by atoms with Crippen LogP contribution < -0.4 is 5.32 Å². The molecule has 1 fully saturated rings. The van der Waals surface area contributed by atoms with E-state index in [1.54, 1.807) is 47.5 Å². The van der Waals surface area contributed by atoms with Crippen LogP contribution in [0.2, 0.25) is 5.02 Å². The van der Waals surface area contributed by atoms with E-state index in [9.17, 15) is 24.5 Å². The summed E-state index contributed by atoms with van der Waals surface area (Å²) in [4.78, 5) is 56.5. The Morgan fingerprint density at radius 1 is 0.881 bits per heavy atom. The van der Waals surface area contributed by atoms with Crippen LogP contribution in [0.15, 0.2) is 103 Å². The number of fused-ring (bicyclic) bond motifs is 6. The van der Waals surface area contributed by atoms with E-state index in [-0.39, 0.29) is 17.2 Å². The maximum Gasteiger partial charge on any atom is 0.270 e. The smallest absolute Gasteiger partial charge is 0.270 e. The lowest BCUT2D eigenvalue weighted by molar-refractivity contribution is -0.384. The molecule has 7 rings (SSSR count). The van der Waals surface area contributed by atoms with E-state index in [1.807, 2.05) is 42.5 Å². The van der Waals surface area contributed by atoms with Crippen LogP contribution in [0.25, 0.3) is 6.08 Å². The Bertz CT molecular complexity index is 1850. The van der Waals surface area contributed by atoms with Gasteiger partial charge in [0, 0.05) is 40.2 Å². The molecule has 1 N–H and O–H groups in total. The summed E-state index contributed by atoms with van der Waals surface area (Å²) in [7, 11) is 0. The topological polar surface area (TPSA) is 110 Å². The molecule has 0 aliphatic carbocycles. The molecule has 0 unspecified atom stereocenters. The molecular formula is C33H22ClN3O5. The maximum absolute atomic E-state index is 14.7. The number of nitro benzene ring substituents is 1. The third-order valence-corrected chi connectivity index (χ3v) is 8.84. The summed E-state index contributed by atoms with van der Waals surface area (Å²) < 4.78 is 0. The maximum atomic E-state index is 14.7. The number of para-hydroxylation sites is 1. The zero-order chi connectivity index (χ0) is 29.2. The van der Waals surface area contributed by atoms with E-state index in [2.05, 4.69) is 5.32 Å². The van der Waals surface area contributed by atoms with Gasteiger partial charge >= 0.3 is 0 Å². The first-order valence-electron chi connectivity index (χ1n) is 13.4. The second-order valence-corrected chi connectivity index (χ2v) is 11.1. The predicted octanol–water partition coefficient (Wildman–Crippen LogP) is 6.23. The fourth-order valence-electron chi connectivity index (χ4n) is 6.90. The second kappa shape index (κ2) is 9.49. The number of halogens is 1. The summed E-state index contributed by atoms with van der Waals surface area (Å²) in [6, 6.07) is 24.8. The number of hydrogen-bond donors (Lipinski definition) is 1. The van der Waals surface area contributed by atoms with Gasteiger partial charge in [-0.05, 0) is 53.1 Å². The highest BCUT2D eigenvalue weighted by Crippen LogP contribution is 2.62. The Morgan fingerprint density at radius 3 is 2.40 bits per heavy atom. The summed E-state index contributed by atoms with van der Waals surface area (Å²) in [5.74, 6) is -2.46. The van der Waals surface area contributed by atoms with Gasteiger partial charge in [0.2, 0.25) is 5.91 Å². The number of carbonyl (C=O) groups is 3. The SMILES string of the molecule is O=C(c1cccc([N+](=O)[O-])c1)[C@@H]1[C@H](C(=O)c2ccc(Cl)cc2)[C@@]2(C(=O)Nc3ccccc32)[C@@H]2c3ccccc3C=CN12. The summed E-state index contributed by atoms with van der Waals surface area (Å²) in [6.07, 6.45) is 3.62. The first-order chi connectivity index (χ1) is 20.3. The summed E-state index contributed by atoms with van der Waals surface area (Å²) >= 11 is 6.14. The van der Waals surface area contributed by atoms with Crippen LogP contribution in [0, 0.1) is 16.0 Å². The molecule has 0 saturated carbocycles. The molecule has 3 aliphatic heterocycles. The van der Waals surface area contributed by atoms with Crippen molar-refractivity contribution >= 4 is 46.5 Å². The lowest BCUT2D eigenvalue weighted by Crippen LogP contribution is -2.49. The van der Waals surface area contributed by atoms with Crippen molar-refractivity contribution in [3.63, 3.8) is 0 Å². The number of nitrogens with zero attached hydrogens (tertiary/aromatic N) is 2. The van der Waals surface area contributed by atoms with Gasteiger partial charge in [0.25, 0.3) is 5.69 Å². The van der Waals surface area contributed by atoms with Crippen LogP contribution in [-0.2, 0) is 10.2 Å². The molecule has 1 spiro atoms. The van der Waals surface area contributed by atoms with Crippen molar-refractivity contribution in [1.82, 2.24) is 4.90 Å². The first-order valence-corrected chi connectivity index (χ1v) is 13.7. The summed E-state index contributed by atoms with van der Waals surface area (Å²) in [6.45, 7) is 0. The van der Waals surface area contributed by atoms with Gasteiger partial charge in [-0.3, -0.25) is 24.5 Å². The number of amides is 1. The van der Waals surface area contributed by atoms with Crippen molar-refractivity contribution < 1.29 is 19.3 Å². The van der Waals surface area contributed by atoms with Gasteiger partial charge in [0.15, 0.2) is 11.6 Å². The normalized spacial score (nSPS) is 23.2. The third-order valence-electron chi connectivity index (χ3n) is 8.59. The number of Topliss-reactive ketones (excluding diaryl/α,β-unsaturated/α-hetero) is 2. The number of nitrogens with one attached hydrogen (secondary N) is 1. The van der Waals surface area contributed by atoms with Gasteiger partial charge in [-0.1, -0.05) is 66.2 Å². The first kappa shape index (κ1) is 25.9. The molecule has 1 amide bonds. The fourth-order valence-corrected chi connectivity index (χ4v) is 7.03. The zero-order valence-corrected chi connectivity index (χ0v) is 22.7.